The number of nitrogens with zero attached hydrogens (tertiary/aromatic N) is 3. The Labute approximate surface area is 174 Å². The molecule has 1 fully saturated rings. The van der Waals surface area contributed by atoms with Gasteiger partial charge in [-0.25, -0.2) is 0 Å². The lowest BCUT2D eigenvalue weighted by Gasteiger charge is -2.36. The molecule has 0 saturated carbocycles. The average Bonchev–Trinajstić information content (AvgIpc) is 3.43. The van der Waals surface area contributed by atoms with Crippen LogP contribution in [0.1, 0.15) is 0 Å². The summed E-state index contributed by atoms with van der Waals surface area (Å²) in [6.07, 6.45) is 0. The van der Waals surface area contributed by atoms with E-state index in [2.05, 4.69) is 75.5 Å². The van der Waals surface area contributed by atoms with E-state index in [-0.39, 0.29) is 5.91 Å². The lowest BCUT2D eigenvalue weighted by Crippen LogP contribution is -2.49. The van der Waals surface area contributed by atoms with Crippen LogP contribution in [0.4, 0.5) is 5.69 Å². The molecule has 0 radical (unpaired) electrons. The summed E-state index contributed by atoms with van der Waals surface area (Å²) in [6, 6.07) is 25.1. The van der Waals surface area contributed by atoms with Gasteiger partial charge in [0.25, 0.3) is 0 Å². The summed E-state index contributed by atoms with van der Waals surface area (Å²) in [5.74, 6) is 0.192. The van der Waals surface area contributed by atoms with E-state index >= 15 is 0 Å². The topological polar surface area (TPSA) is 28.5 Å². The van der Waals surface area contributed by atoms with Crippen molar-refractivity contribution in [1.82, 2.24) is 9.47 Å². The number of thiophene rings is 1. The van der Waals surface area contributed by atoms with Crippen LogP contribution in [-0.4, -0.2) is 41.6 Å². The van der Waals surface area contributed by atoms with Crippen LogP contribution in [0.3, 0.4) is 0 Å². The smallest absolute Gasteiger partial charge is 0.242 e. The van der Waals surface area contributed by atoms with E-state index in [0.29, 0.717) is 6.54 Å². The zero-order valence-electron chi connectivity index (χ0n) is 16.2. The summed E-state index contributed by atoms with van der Waals surface area (Å²) >= 11 is 1.71. The predicted octanol–water partition coefficient (Wildman–Crippen LogP) is 4.72. The summed E-state index contributed by atoms with van der Waals surface area (Å²) in [5.41, 5.74) is 3.47. The molecule has 146 valence electrons. The second-order valence-corrected chi connectivity index (χ2v) is 8.30. The number of anilines is 1. The maximum absolute atomic E-state index is 13.2. The van der Waals surface area contributed by atoms with Crippen LogP contribution < -0.4 is 4.90 Å². The molecule has 0 unspecified atom stereocenters. The molecule has 1 aliphatic heterocycles. The molecule has 0 atom stereocenters. The molecular weight excluding hydrogens is 378 g/mol. The van der Waals surface area contributed by atoms with Gasteiger partial charge in [-0.15, -0.1) is 11.3 Å². The van der Waals surface area contributed by atoms with Crippen LogP contribution in [0.15, 0.2) is 78.2 Å². The second-order valence-electron chi connectivity index (χ2n) is 7.36. The Hall–Kier alpha value is -3.05. The molecule has 0 bridgehead atoms. The largest absolute Gasteiger partial charge is 0.368 e. The number of amides is 1. The summed E-state index contributed by atoms with van der Waals surface area (Å²) in [5, 5.41) is 3.26. The van der Waals surface area contributed by atoms with E-state index < -0.39 is 0 Å². The Balaban J connectivity index is 1.35. The number of aromatic nitrogens is 1. The second kappa shape index (κ2) is 7.76. The van der Waals surface area contributed by atoms with Gasteiger partial charge in [-0.1, -0.05) is 42.5 Å². The first kappa shape index (κ1) is 18.0. The number of carbonyl (C=O) groups excluding carboxylic acids is 1. The Morgan fingerprint density at radius 3 is 2.38 bits per heavy atom. The fraction of sp³-hybridized carbons (Fsp3) is 0.208. The molecular formula is C24H23N3OS. The van der Waals surface area contributed by atoms with Crippen LogP contribution in [0.25, 0.3) is 21.5 Å². The highest BCUT2D eigenvalue weighted by Gasteiger charge is 2.23. The first-order chi connectivity index (χ1) is 14.3. The number of hydrogen-bond acceptors (Lipinski definition) is 3. The number of fused-ring (bicyclic) bond motifs is 1. The third-order valence-corrected chi connectivity index (χ3v) is 6.52. The molecule has 3 heterocycles. The van der Waals surface area contributed by atoms with E-state index in [1.165, 1.54) is 16.0 Å². The molecule has 1 amide bonds. The summed E-state index contributed by atoms with van der Waals surface area (Å²) in [6.45, 7) is 3.66. The Morgan fingerprint density at radius 1 is 0.862 bits per heavy atom. The van der Waals surface area contributed by atoms with Gasteiger partial charge in [-0.05, 0) is 35.7 Å². The van der Waals surface area contributed by atoms with Crippen molar-refractivity contribution in [2.45, 2.75) is 6.54 Å². The molecule has 4 nitrogen and oxygen atoms in total. The highest BCUT2D eigenvalue weighted by molar-refractivity contribution is 7.13. The molecule has 29 heavy (non-hydrogen) atoms. The molecule has 2 aromatic carbocycles. The third kappa shape index (κ3) is 3.54. The maximum atomic E-state index is 13.2. The first-order valence-corrected chi connectivity index (χ1v) is 10.9. The van der Waals surface area contributed by atoms with Crippen molar-refractivity contribution in [3.05, 3.63) is 78.2 Å². The standard InChI is InChI=1S/C24H23N3OS/c28-24(26-14-12-25(13-15-26)20-8-2-1-3-9-20)18-27-21-10-5-4-7-19(21)17-22(27)23-11-6-16-29-23/h1-11,16-17H,12-15,18H2. The third-order valence-electron chi connectivity index (χ3n) is 5.63. The highest BCUT2D eigenvalue weighted by atomic mass is 32.1. The molecule has 0 aliphatic carbocycles. The lowest BCUT2D eigenvalue weighted by molar-refractivity contribution is -0.132. The van der Waals surface area contributed by atoms with E-state index in [1.54, 1.807) is 11.3 Å². The fourth-order valence-electron chi connectivity index (χ4n) is 4.10. The van der Waals surface area contributed by atoms with Crippen molar-refractivity contribution < 1.29 is 4.79 Å². The number of carbonyl (C=O) groups is 1. The van der Waals surface area contributed by atoms with E-state index in [4.69, 9.17) is 0 Å². The Bertz CT molecular complexity index is 1110. The Morgan fingerprint density at radius 2 is 1.62 bits per heavy atom. The molecule has 0 N–H and O–H groups in total. The summed E-state index contributed by atoms with van der Waals surface area (Å²) < 4.78 is 2.17. The molecule has 4 aromatic rings. The van der Waals surface area contributed by atoms with Gasteiger partial charge >= 0.3 is 0 Å². The van der Waals surface area contributed by atoms with Crippen molar-refractivity contribution in [1.29, 1.82) is 0 Å². The summed E-state index contributed by atoms with van der Waals surface area (Å²) in [4.78, 5) is 18.7. The molecule has 1 saturated heterocycles. The van der Waals surface area contributed by atoms with Gasteiger partial charge < -0.3 is 14.4 Å². The number of piperazine rings is 1. The van der Waals surface area contributed by atoms with Gasteiger partial charge in [0.2, 0.25) is 5.91 Å². The van der Waals surface area contributed by atoms with Crippen molar-refractivity contribution >= 4 is 33.8 Å². The fourth-order valence-corrected chi connectivity index (χ4v) is 4.85. The normalized spacial score (nSPS) is 14.5. The van der Waals surface area contributed by atoms with E-state index in [0.717, 1.165) is 37.4 Å². The van der Waals surface area contributed by atoms with Crippen LogP contribution in [-0.2, 0) is 11.3 Å². The minimum atomic E-state index is 0.192. The monoisotopic (exact) mass is 401 g/mol. The molecule has 1 aliphatic rings. The zero-order valence-corrected chi connectivity index (χ0v) is 17.0. The number of rotatable bonds is 4. The molecule has 0 spiro atoms. The zero-order chi connectivity index (χ0) is 19.6. The number of hydrogen-bond donors (Lipinski definition) is 0. The molecule has 5 rings (SSSR count). The number of benzene rings is 2. The van der Waals surface area contributed by atoms with Crippen molar-refractivity contribution in [3.63, 3.8) is 0 Å². The minimum absolute atomic E-state index is 0.192. The van der Waals surface area contributed by atoms with Gasteiger partial charge in [0.05, 0.1) is 10.6 Å². The molecule has 5 heteroatoms. The van der Waals surface area contributed by atoms with Gasteiger partial charge in [0, 0.05) is 42.8 Å². The maximum Gasteiger partial charge on any atom is 0.242 e. The summed E-state index contributed by atoms with van der Waals surface area (Å²) in [7, 11) is 0. The van der Waals surface area contributed by atoms with Crippen molar-refractivity contribution in [3.8, 4) is 10.6 Å². The Kier molecular flexibility index (Phi) is 4.82. The van der Waals surface area contributed by atoms with Crippen LogP contribution in [0.5, 0.6) is 0 Å². The molecule has 2 aromatic heterocycles. The minimum Gasteiger partial charge on any atom is -0.368 e. The number of para-hydroxylation sites is 2. The van der Waals surface area contributed by atoms with Crippen LogP contribution in [0.2, 0.25) is 0 Å². The van der Waals surface area contributed by atoms with E-state index in [9.17, 15) is 4.79 Å². The van der Waals surface area contributed by atoms with Crippen LogP contribution >= 0.6 is 11.3 Å². The predicted molar refractivity (Wildman–Crippen MR) is 120 cm³/mol. The van der Waals surface area contributed by atoms with Gasteiger partial charge in [-0.3, -0.25) is 4.79 Å². The average molecular weight is 402 g/mol. The van der Waals surface area contributed by atoms with E-state index in [1.807, 2.05) is 17.0 Å². The van der Waals surface area contributed by atoms with Crippen molar-refractivity contribution in [2.75, 3.05) is 31.1 Å². The van der Waals surface area contributed by atoms with Gasteiger partial charge in [0.15, 0.2) is 0 Å². The van der Waals surface area contributed by atoms with Gasteiger partial charge in [0.1, 0.15) is 6.54 Å². The SMILES string of the molecule is O=C(Cn1c(-c2cccs2)cc2ccccc21)N1CCN(c2ccccc2)CC1. The van der Waals surface area contributed by atoms with Gasteiger partial charge in [-0.2, -0.15) is 0 Å². The first-order valence-electron chi connectivity index (χ1n) is 9.99. The quantitative estimate of drug-likeness (QED) is 0.495. The van der Waals surface area contributed by atoms with Crippen molar-refractivity contribution in [2.24, 2.45) is 0 Å². The lowest BCUT2D eigenvalue weighted by atomic mass is 10.2. The van der Waals surface area contributed by atoms with Crippen LogP contribution in [0, 0.1) is 0 Å². The highest BCUT2D eigenvalue weighted by Crippen LogP contribution is 2.31.